The largest absolute Gasteiger partial charge is 0.338 e. The Bertz CT molecular complexity index is 973. The molecule has 0 bridgehead atoms. The number of nitrogens with zero attached hydrogens (tertiary/aromatic N) is 5. The first-order valence-electron chi connectivity index (χ1n) is 10.6. The van der Waals surface area contributed by atoms with E-state index in [1.807, 2.05) is 13.0 Å². The third kappa shape index (κ3) is 3.21. The van der Waals surface area contributed by atoms with E-state index in [-0.39, 0.29) is 11.9 Å². The van der Waals surface area contributed by atoms with Crippen LogP contribution < -0.4 is 10.2 Å². The van der Waals surface area contributed by atoms with Crippen LogP contribution in [0.2, 0.25) is 0 Å². The Morgan fingerprint density at radius 3 is 2.53 bits per heavy atom. The van der Waals surface area contributed by atoms with Crippen molar-refractivity contribution in [3.8, 4) is 0 Å². The first kappa shape index (κ1) is 19.0. The van der Waals surface area contributed by atoms with Crippen LogP contribution in [0.5, 0.6) is 0 Å². The second kappa shape index (κ2) is 7.36. The molecule has 0 spiro atoms. The molecular formula is C22H26N6O2. The smallest absolute Gasteiger partial charge is 0.326 e. The number of nitrogens with one attached hydrogen (secondary N) is 1. The summed E-state index contributed by atoms with van der Waals surface area (Å²) in [6, 6.07) is 7.68. The summed E-state index contributed by atoms with van der Waals surface area (Å²) in [6.45, 7) is 5.12. The molecule has 3 heterocycles. The highest BCUT2D eigenvalue weighted by atomic mass is 16.2. The average Bonchev–Trinajstić information content (AvgIpc) is 3.33. The molecule has 2 fully saturated rings. The molecule has 2 saturated heterocycles. The normalized spacial score (nSPS) is 24.3. The number of amides is 3. The third-order valence-electron chi connectivity index (χ3n) is 6.50. The van der Waals surface area contributed by atoms with E-state index in [0.717, 1.165) is 57.0 Å². The molecular weight excluding hydrogens is 380 g/mol. The number of hydrogen-bond donors (Lipinski definition) is 1. The number of anilines is 1. The van der Waals surface area contributed by atoms with Crippen molar-refractivity contribution >= 4 is 17.9 Å². The summed E-state index contributed by atoms with van der Waals surface area (Å²) >= 11 is 0. The molecule has 8 nitrogen and oxygen atoms in total. The van der Waals surface area contributed by atoms with E-state index in [2.05, 4.69) is 37.2 Å². The van der Waals surface area contributed by atoms with Crippen LogP contribution >= 0.6 is 0 Å². The molecule has 1 aliphatic carbocycles. The van der Waals surface area contributed by atoms with Gasteiger partial charge in [0, 0.05) is 38.6 Å². The quantitative estimate of drug-likeness (QED) is 0.776. The van der Waals surface area contributed by atoms with E-state index in [9.17, 15) is 9.59 Å². The summed E-state index contributed by atoms with van der Waals surface area (Å²) in [4.78, 5) is 40.2. The first-order chi connectivity index (χ1) is 14.5. The number of aryl methyl sites for hydroxylation is 2. The number of urea groups is 1. The Morgan fingerprint density at radius 2 is 1.77 bits per heavy atom. The van der Waals surface area contributed by atoms with Crippen LogP contribution in [0.25, 0.3) is 0 Å². The summed E-state index contributed by atoms with van der Waals surface area (Å²) in [5.74, 6) is 0.538. The molecule has 8 heteroatoms. The lowest BCUT2D eigenvalue weighted by molar-refractivity contribution is -0.132. The van der Waals surface area contributed by atoms with E-state index >= 15 is 0 Å². The van der Waals surface area contributed by atoms with Gasteiger partial charge in [-0.2, -0.15) is 0 Å². The van der Waals surface area contributed by atoms with Gasteiger partial charge in [-0.1, -0.05) is 18.2 Å². The summed E-state index contributed by atoms with van der Waals surface area (Å²) in [7, 11) is 0. The highest BCUT2D eigenvalue weighted by molar-refractivity contribution is 6.07. The second-order valence-corrected chi connectivity index (χ2v) is 8.42. The number of fused-ring (bicyclic) bond motifs is 1. The number of piperazine rings is 1. The molecule has 2 aliphatic heterocycles. The Balaban J connectivity index is 1.26. The van der Waals surface area contributed by atoms with Gasteiger partial charge in [0.05, 0.1) is 6.67 Å². The molecule has 1 unspecified atom stereocenters. The molecule has 30 heavy (non-hydrogen) atoms. The molecule has 1 N–H and O–H groups in total. The van der Waals surface area contributed by atoms with Crippen LogP contribution in [-0.2, 0) is 23.2 Å². The molecule has 0 saturated carbocycles. The lowest BCUT2D eigenvalue weighted by Gasteiger charge is -2.36. The van der Waals surface area contributed by atoms with Crippen molar-refractivity contribution in [2.75, 3.05) is 37.7 Å². The minimum atomic E-state index is -1.01. The minimum absolute atomic E-state index is 0.181. The zero-order valence-corrected chi connectivity index (χ0v) is 17.2. The maximum Gasteiger partial charge on any atom is 0.326 e. The van der Waals surface area contributed by atoms with Gasteiger partial charge in [0.1, 0.15) is 5.54 Å². The topological polar surface area (TPSA) is 81.7 Å². The van der Waals surface area contributed by atoms with Crippen molar-refractivity contribution in [2.24, 2.45) is 0 Å². The molecule has 0 radical (unpaired) electrons. The van der Waals surface area contributed by atoms with E-state index in [4.69, 9.17) is 0 Å². The predicted octanol–water partition coefficient (Wildman–Crippen LogP) is 1.51. The fraction of sp³-hybridized carbons (Fsp3) is 0.455. The van der Waals surface area contributed by atoms with Crippen molar-refractivity contribution in [1.82, 2.24) is 25.1 Å². The van der Waals surface area contributed by atoms with Gasteiger partial charge >= 0.3 is 6.03 Å². The standard InChI is InChI=1S/C22H26N6O2/c1-22(18-7-6-16-4-2-5-17(16)14-18)19(29)28(21(30)25-22)15-26-10-12-27(13-11-26)20-23-8-3-9-24-20/h3,6-9,14H,2,4-5,10-13,15H2,1H3,(H,25,30). The van der Waals surface area contributed by atoms with E-state index in [0.29, 0.717) is 6.67 Å². The fourth-order valence-corrected chi connectivity index (χ4v) is 4.65. The van der Waals surface area contributed by atoms with Crippen molar-refractivity contribution in [3.63, 3.8) is 0 Å². The summed E-state index contributed by atoms with van der Waals surface area (Å²) in [5, 5.41) is 2.94. The van der Waals surface area contributed by atoms with Gasteiger partial charge in [-0.15, -0.1) is 0 Å². The maximum absolute atomic E-state index is 13.3. The number of carbonyl (C=O) groups is 2. The molecule has 1 aromatic heterocycles. The lowest BCUT2D eigenvalue weighted by atomic mass is 9.90. The van der Waals surface area contributed by atoms with Crippen LogP contribution in [0.15, 0.2) is 36.7 Å². The molecule has 3 amide bonds. The molecule has 2 aromatic rings. The average molecular weight is 406 g/mol. The van der Waals surface area contributed by atoms with Gasteiger partial charge in [0.15, 0.2) is 0 Å². The molecule has 156 valence electrons. The third-order valence-corrected chi connectivity index (χ3v) is 6.50. The number of rotatable bonds is 4. The fourth-order valence-electron chi connectivity index (χ4n) is 4.65. The summed E-state index contributed by atoms with van der Waals surface area (Å²) < 4.78 is 0. The first-order valence-corrected chi connectivity index (χ1v) is 10.6. The van der Waals surface area contributed by atoms with E-state index in [1.54, 1.807) is 18.5 Å². The highest BCUT2D eigenvalue weighted by Gasteiger charge is 2.49. The summed E-state index contributed by atoms with van der Waals surface area (Å²) in [6.07, 6.45) is 6.77. The maximum atomic E-state index is 13.3. The van der Waals surface area contributed by atoms with E-state index < -0.39 is 5.54 Å². The van der Waals surface area contributed by atoms with Gasteiger partial charge in [0.25, 0.3) is 5.91 Å². The Labute approximate surface area is 175 Å². The second-order valence-electron chi connectivity index (χ2n) is 8.42. The minimum Gasteiger partial charge on any atom is -0.338 e. The predicted molar refractivity (Wildman–Crippen MR) is 112 cm³/mol. The molecule has 3 aliphatic rings. The number of imide groups is 1. The number of aromatic nitrogens is 2. The van der Waals surface area contributed by atoms with Crippen molar-refractivity contribution in [1.29, 1.82) is 0 Å². The van der Waals surface area contributed by atoms with Crippen LogP contribution in [0.4, 0.5) is 10.7 Å². The number of hydrogen-bond acceptors (Lipinski definition) is 6. The molecule has 5 rings (SSSR count). The molecule has 1 atom stereocenters. The Kier molecular flexibility index (Phi) is 4.66. The molecule has 1 aromatic carbocycles. The van der Waals surface area contributed by atoms with Gasteiger partial charge in [-0.05, 0) is 48.9 Å². The van der Waals surface area contributed by atoms with Crippen LogP contribution in [0.1, 0.15) is 30.0 Å². The van der Waals surface area contributed by atoms with Crippen molar-refractivity contribution in [2.45, 2.75) is 31.7 Å². The van der Waals surface area contributed by atoms with Gasteiger partial charge in [0.2, 0.25) is 5.95 Å². The highest BCUT2D eigenvalue weighted by Crippen LogP contribution is 2.32. The lowest BCUT2D eigenvalue weighted by Crippen LogP contribution is -2.52. The van der Waals surface area contributed by atoms with Gasteiger partial charge in [-0.25, -0.2) is 19.7 Å². The number of carbonyl (C=O) groups excluding carboxylic acids is 2. The van der Waals surface area contributed by atoms with Crippen LogP contribution in [-0.4, -0.2) is 64.6 Å². The number of benzene rings is 1. The van der Waals surface area contributed by atoms with Gasteiger partial charge in [-0.3, -0.25) is 9.69 Å². The zero-order valence-electron chi connectivity index (χ0n) is 17.2. The SMILES string of the molecule is CC1(c2ccc3c(c2)CCC3)NC(=O)N(CN2CCN(c3ncccn3)CC2)C1=O. The zero-order chi connectivity index (χ0) is 20.7. The summed E-state index contributed by atoms with van der Waals surface area (Å²) in [5.41, 5.74) is 2.52. The Morgan fingerprint density at radius 1 is 1.03 bits per heavy atom. The van der Waals surface area contributed by atoms with Crippen molar-refractivity contribution < 1.29 is 9.59 Å². The van der Waals surface area contributed by atoms with Gasteiger partial charge < -0.3 is 10.2 Å². The van der Waals surface area contributed by atoms with E-state index in [1.165, 1.54) is 16.0 Å². The van der Waals surface area contributed by atoms with Crippen LogP contribution in [0.3, 0.4) is 0 Å². The van der Waals surface area contributed by atoms with Crippen molar-refractivity contribution in [3.05, 3.63) is 53.3 Å². The Hall–Kier alpha value is -3.00. The monoisotopic (exact) mass is 406 g/mol. The van der Waals surface area contributed by atoms with Crippen LogP contribution in [0, 0.1) is 0 Å².